The molecule has 0 amide bonds. The van der Waals surface area contributed by atoms with Gasteiger partial charge < -0.3 is 5.11 Å². The minimum absolute atomic E-state index is 0.122. The SMILES string of the molecule is C/C=C(\O)SC(C)(C)C. The van der Waals surface area contributed by atoms with Crippen molar-refractivity contribution in [1.29, 1.82) is 0 Å². The third-order valence-corrected chi connectivity index (χ3v) is 1.71. The second-order valence-electron chi connectivity index (χ2n) is 2.84. The Bertz CT molecular complexity index is 111. The van der Waals surface area contributed by atoms with Crippen molar-refractivity contribution in [3.05, 3.63) is 11.2 Å². The maximum atomic E-state index is 9.02. The van der Waals surface area contributed by atoms with E-state index in [-0.39, 0.29) is 4.75 Å². The van der Waals surface area contributed by atoms with Gasteiger partial charge in [0.15, 0.2) is 0 Å². The molecule has 0 fully saturated rings. The topological polar surface area (TPSA) is 20.2 Å². The first-order chi connectivity index (χ1) is 3.95. The summed E-state index contributed by atoms with van der Waals surface area (Å²) in [7, 11) is 0. The summed E-state index contributed by atoms with van der Waals surface area (Å²) >= 11 is 1.47. The van der Waals surface area contributed by atoms with Crippen LogP contribution in [-0.4, -0.2) is 9.85 Å². The van der Waals surface area contributed by atoms with Gasteiger partial charge in [-0.25, -0.2) is 0 Å². The summed E-state index contributed by atoms with van der Waals surface area (Å²) in [5.41, 5.74) is 0. The third kappa shape index (κ3) is 5.77. The van der Waals surface area contributed by atoms with Gasteiger partial charge in [-0.05, 0) is 13.0 Å². The Balaban J connectivity index is 3.75. The molecule has 1 nitrogen and oxygen atoms in total. The summed E-state index contributed by atoms with van der Waals surface area (Å²) in [5.74, 6) is 0. The molecule has 0 aliphatic heterocycles. The first kappa shape index (κ1) is 8.89. The second kappa shape index (κ2) is 3.16. The Labute approximate surface area is 61.2 Å². The van der Waals surface area contributed by atoms with Gasteiger partial charge in [-0.2, -0.15) is 0 Å². The van der Waals surface area contributed by atoms with Crippen LogP contribution in [0.1, 0.15) is 27.7 Å². The number of aliphatic hydroxyl groups is 1. The summed E-state index contributed by atoms with van der Waals surface area (Å²) in [6.45, 7) is 8.03. The number of hydrogen-bond donors (Lipinski definition) is 1. The number of aliphatic hydroxyl groups excluding tert-OH is 1. The number of allylic oxidation sites excluding steroid dienone is 1. The van der Waals surface area contributed by atoms with E-state index in [1.165, 1.54) is 11.8 Å². The molecule has 0 radical (unpaired) electrons. The monoisotopic (exact) mass is 146 g/mol. The Morgan fingerprint density at radius 2 is 1.89 bits per heavy atom. The van der Waals surface area contributed by atoms with Gasteiger partial charge in [0.2, 0.25) is 0 Å². The molecule has 0 aliphatic carbocycles. The molecule has 0 saturated carbocycles. The fourth-order valence-corrected chi connectivity index (χ4v) is 1.12. The number of thioether (sulfide) groups is 1. The van der Waals surface area contributed by atoms with E-state index in [2.05, 4.69) is 20.8 Å². The Morgan fingerprint density at radius 3 is 2.00 bits per heavy atom. The molecule has 0 unspecified atom stereocenters. The molecule has 0 aromatic rings. The summed E-state index contributed by atoms with van der Waals surface area (Å²) < 4.78 is 0.122. The van der Waals surface area contributed by atoms with Crippen LogP contribution in [0.15, 0.2) is 11.2 Å². The average molecular weight is 146 g/mol. The van der Waals surface area contributed by atoms with E-state index in [9.17, 15) is 0 Å². The van der Waals surface area contributed by atoms with Crippen molar-refractivity contribution in [1.82, 2.24) is 0 Å². The van der Waals surface area contributed by atoms with Crippen LogP contribution in [0.3, 0.4) is 0 Å². The highest BCUT2D eigenvalue weighted by Gasteiger charge is 2.11. The maximum absolute atomic E-state index is 9.02. The minimum atomic E-state index is 0.122. The van der Waals surface area contributed by atoms with Crippen LogP contribution in [0.5, 0.6) is 0 Å². The normalized spacial score (nSPS) is 14.0. The predicted molar refractivity (Wildman–Crippen MR) is 43.7 cm³/mol. The van der Waals surface area contributed by atoms with Gasteiger partial charge in [0.05, 0.1) is 0 Å². The smallest absolute Gasteiger partial charge is 0.146 e. The molecule has 0 aromatic carbocycles. The Morgan fingerprint density at radius 1 is 1.44 bits per heavy atom. The average Bonchev–Trinajstić information content (AvgIpc) is 1.62. The fourth-order valence-electron chi connectivity index (χ4n) is 0.373. The number of hydrogen-bond acceptors (Lipinski definition) is 2. The summed E-state index contributed by atoms with van der Waals surface area (Å²) in [6.07, 6.45) is 1.70. The van der Waals surface area contributed by atoms with Crippen LogP contribution in [0.4, 0.5) is 0 Å². The van der Waals surface area contributed by atoms with E-state index < -0.39 is 0 Å². The summed E-state index contributed by atoms with van der Waals surface area (Å²) in [5, 5.41) is 9.42. The zero-order valence-corrected chi connectivity index (χ0v) is 7.25. The van der Waals surface area contributed by atoms with E-state index in [0.717, 1.165) is 0 Å². The summed E-state index contributed by atoms with van der Waals surface area (Å²) in [6, 6.07) is 0. The second-order valence-corrected chi connectivity index (χ2v) is 4.69. The van der Waals surface area contributed by atoms with Crippen molar-refractivity contribution in [2.45, 2.75) is 32.4 Å². The summed E-state index contributed by atoms with van der Waals surface area (Å²) in [4.78, 5) is 0. The van der Waals surface area contributed by atoms with Crippen LogP contribution < -0.4 is 0 Å². The molecule has 9 heavy (non-hydrogen) atoms. The van der Waals surface area contributed by atoms with Crippen molar-refractivity contribution in [2.24, 2.45) is 0 Å². The van der Waals surface area contributed by atoms with Gasteiger partial charge in [-0.1, -0.05) is 32.5 Å². The van der Waals surface area contributed by atoms with E-state index in [1.807, 2.05) is 6.92 Å². The van der Waals surface area contributed by atoms with Crippen molar-refractivity contribution in [2.75, 3.05) is 0 Å². The molecular weight excluding hydrogens is 132 g/mol. The highest BCUT2D eigenvalue weighted by Crippen LogP contribution is 2.28. The molecule has 2 heteroatoms. The molecule has 54 valence electrons. The third-order valence-electron chi connectivity index (χ3n) is 0.658. The van der Waals surface area contributed by atoms with Crippen LogP contribution in [0, 0.1) is 0 Å². The first-order valence-electron chi connectivity index (χ1n) is 3.00. The zero-order valence-electron chi connectivity index (χ0n) is 6.43. The molecule has 0 heterocycles. The maximum Gasteiger partial charge on any atom is 0.146 e. The molecule has 1 N–H and O–H groups in total. The van der Waals surface area contributed by atoms with Gasteiger partial charge in [0.1, 0.15) is 5.09 Å². The quantitative estimate of drug-likeness (QED) is 0.574. The van der Waals surface area contributed by atoms with Crippen molar-refractivity contribution >= 4 is 11.8 Å². The molecule has 0 aliphatic rings. The lowest BCUT2D eigenvalue weighted by atomic mass is 10.3. The van der Waals surface area contributed by atoms with E-state index in [0.29, 0.717) is 5.09 Å². The van der Waals surface area contributed by atoms with E-state index >= 15 is 0 Å². The minimum Gasteiger partial charge on any atom is -0.502 e. The molecule has 0 rings (SSSR count). The van der Waals surface area contributed by atoms with Crippen LogP contribution in [-0.2, 0) is 0 Å². The predicted octanol–water partition coefficient (Wildman–Crippen LogP) is 2.94. The van der Waals surface area contributed by atoms with Gasteiger partial charge in [0.25, 0.3) is 0 Å². The fraction of sp³-hybridized carbons (Fsp3) is 0.714. The van der Waals surface area contributed by atoms with E-state index in [4.69, 9.17) is 5.11 Å². The molecule has 0 aromatic heterocycles. The standard InChI is InChI=1S/C7H14OS/c1-5-6(8)9-7(2,3)4/h5,8H,1-4H3/b6-5+. The van der Waals surface area contributed by atoms with Crippen molar-refractivity contribution < 1.29 is 5.11 Å². The Kier molecular flexibility index (Phi) is 3.12. The molecule has 0 spiro atoms. The highest BCUT2D eigenvalue weighted by atomic mass is 32.2. The largest absolute Gasteiger partial charge is 0.502 e. The molecule has 0 saturated heterocycles. The lowest BCUT2D eigenvalue weighted by Crippen LogP contribution is -2.06. The van der Waals surface area contributed by atoms with Gasteiger partial charge in [0, 0.05) is 4.75 Å². The van der Waals surface area contributed by atoms with E-state index in [1.54, 1.807) is 6.08 Å². The number of rotatable bonds is 1. The lowest BCUT2D eigenvalue weighted by molar-refractivity contribution is 0.453. The van der Waals surface area contributed by atoms with Gasteiger partial charge in [-0.15, -0.1) is 0 Å². The lowest BCUT2D eigenvalue weighted by Gasteiger charge is -2.15. The zero-order chi connectivity index (χ0) is 7.49. The molecular formula is C7H14OS. The first-order valence-corrected chi connectivity index (χ1v) is 3.81. The van der Waals surface area contributed by atoms with Crippen LogP contribution in [0.25, 0.3) is 0 Å². The van der Waals surface area contributed by atoms with Crippen LogP contribution in [0.2, 0.25) is 0 Å². The molecule has 0 bridgehead atoms. The highest BCUT2D eigenvalue weighted by molar-refractivity contribution is 8.04. The van der Waals surface area contributed by atoms with Gasteiger partial charge >= 0.3 is 0 Å². The van der Waals surface area contributed by atoms with Crippen LogP contribution >= 0.6 is 11.8 Å². The molecule has 0 atom stereocenters. The Hall–Kier alpha value is -0.110. The van der Waals surface area contributed by atoms with Crippen molar-refractivity contribution in [3.63, 3.8) is 0 Å². The van der Waals surface area contributed by atoms with Gasteiger partial charge in [-0.3, -0.25) is 0 Å². The van der Waals surface area contributed by atoms with Crippen molar-refractivity contribution in [3.8, 4) is 0 Å².